The van der Waals surface area contributed by atoms with E-state index in [0.29, 0.717) is 11.4 Å². The molecular weight excluding hydrogens is 288 g/mol. The first-order valence-corrected chi connectivity index (χ1v) is 7.02. The van der Waals surface area contributed by atoms with E-state index < -0.39 is 0 Å². The van der Waals surface area contributed by atoms with Crippen molar-refractivity contribution in [3.63, 3.8) is 0 Å². The van der Waals surface area contributed by atoms with Crippen molar-refractivity contribution in [2.45, 2.75) is 0 Å². The lowest BCUT2D eigenvalue weighted by Gasteiger charge is -2.08. The molecule has 0 radical (unpaired) electrons. The fourth-order valence-corrected chi connectivity index (χ4v) is 2.14. The summed E-state index contributed by atoms with van der Waals surface area (Å²) in [6.45, 7) is 0. The van der Waals surface area contributed by atoms with Gasteiger partial charge in [0.15, 0.2) is 0 Å². The van der Waals surface area contributed by atoms with Crippen molar-refractivity contribution in [1.82, 2.24) is 9.97 Å². The molecule has 23 heavy (non-hydrogen) atoms. The van der Waals surface area contributed by atoms with Crippen LogP contribution in [0, 0.1) is 11.3 Å². The van der Waals surface area contributed by atoms with Crippen LogP contribution in [-0.2, 0) is 0 Å². The van der Waals surface area contributed by atoms with Gasteiger partial charge in [-0.15, -0.1) is 0 Å². The van der Waals surface area contributed by atoms with Gasteiger partial charge >= 0.3 is 0 Å². The van der Waals surface area contributed by atoms with Crippen LogP contribution in [0.1, 0.15) is 5.56 Å². The molecule has 1 aromatic heterocycles. The average Bonchev–Trinajstić information content (AvgIpc) is 2.62. The van der Waals surface area contributed by atoms with Crippen LogP contribution in [-0.4, -0.2) is 17.1 Å². The van der Waals surface area contributed by atoms with E-state index in [1.807, 2.05) is 36.4 Å². The van der Waals surface area contributed by atoms with Crippen LogP contribution in [0.2, 0.25) is 0 Å². The number of ether oxygens (including phenoxy) is 1. The Morgan fingerprint density at radius 3 is 2.65 bits per heavy atom. The van der Waals surface area contributed by atoms with Crippen molar-refractivity contribution in [3.8, 4) is 23.1 Å². The second-order valence-electron chi connectivity index (χ2n) is 4.84. The maximum Gasteiger partial charge on any atom is 0.149 e. The molecule has 5 heteroatoms. The van der Waals surface area contributed by atoms with Gasteiger partial charge in [0.1, 0.15) is 11.6 Å². The summed E-state index contributed by atoms with van der Waals surface area (Å²) < 4.78 is 5.15. The van der Waals surface area contributed by atoms with E-state index in [0.717, 1.165) is 22.7 Å². The van der Waals surface area contributed by atoms with Crippen molar-refractivity contribution < 1.29 is 4.74 Å². The van der Waals surface area contributed by atoms with Gasteiger partial charge in [0.25, 0.3) is 0 Å². The summed E-state index contributed by atoms with van der Waals surface area (Å²) in [7, 11) is 1.63. The highest BCUT2D eigenvalue weighted by Crippen LogP contribution is 2.22. The van der Waals surface area contributed by atoms with Gasteiger partial charge in [-0.25, -0.2) is 4.98 Å². The minimum atomic E-state index is 0.592. The quantitative estimate of drug-likeness (QED) is 0.794. The summed E-state index contributed by atoms with van der Waals surface area (Å²) in [5.74, 6) is 1.41. The maximum atomic E-state index is 8.95. The standard InChI is InChI=1S/C18H14N4O/c1-23-16-7-5-14(6-8-16)17-11-20-12-18(22-17)21-15-4-2-3-13(9-15)10-19/h2-9,11-12H,1H3,(H,21,22). The van der Waals surface area contributed by atoms with Gasteiger partial charge in [-0.2, -0.15) is 5.26 Å². The first-order valence-electron chi connectivity index (χ1n) is 7.02. The zero-order valence-electron chi connectivity index (χ0n) is 12.5. The molecule has 0 saturated heterocycles. The van der Waals surface area contributed by atoms with Crippen LogP contribution in [0.5, 0.6) is 5.75 Å². The number of methoxy groups -OCH3 is 1. The normalized spacial score (nSPS) is 9.91. The smallest absolute Gasteiger partial charge is 0.149 e. The van der Waals surface area contributed by atoms with Gasteiger partial charge in [-0.1, -0.05) is 6.07 Å². The molecule has 3 rings (SSSR count). The Balaban J connectivity index is 1.85. The molecule has 2 aromatic carbocycles. The first-order chi connectivity index (χ1) is 11.3. The van der Waals surface area contributed by atoms with Crippen molar-refractivity contribution >= 4 is 11.5 Å². The van der Waals surface area contributed by atoms with E-state index >= 15 is 0 Å². The van der Waals surface area contributed by atoms with Crippen LogP contribution in [0.3, 0.4) is 0 Å². The van der Waals surface area contributed by atoms with Gasteiger partial charge in [0.05, 0.1) is 36.8 Å². The van der Waals surface area contributed by atoms with Crippen molar-refractivity contribution in [3.05, 3.63) is 66.5 Å². The van der Waals surface area contributed by atoms with Gasteiger partial charge in [0.2, 0.25) is 0 Å². The Kier molecular flexibility index (Phi) is 4.16. The third-order valence-electron chi connectivity index (χ3n) is 3.28. The number of nitrogens with zero attached hydrogens (tertiary/aromatic N) is 3. The number of hydrogen-bond donors (Lipinski definition) is 1. The molecular formula is C18H14N4O. The third kappa shape index (κ3) is 3.44. The molecule has 5 nitrogen and oxygen atoms in total. The highest BCUT2D eigenvalue weighted by atomic mass is 16.5. The Hall–Kier alpha value is -3.39. The minimum Gasteiger partial charge on any atom is -0.497 e. The minimum absolute atomic E-state index is 0.592. The molecule has 1 heterocycles. The van der Waals surface area contributed by atoms with Crippen LogP contribution < -0.4 is 10.1 Å². The summed E-state index contributed by atoms with van der Waals surface area (Å²) in [5.41, 5.74) is 3.10. The van der Waals surface area contributed by atoms with Crippen LogP contribution in [0.25, 0.3) is 11.3 Å². The lowest BCUT2D eigenvalue weighted by Crippen LogP contribution is -1.96. The lowest BCUT2D eigenvalue weighted by atomic mass is 10.1. The monoisotopic (exact) mass is 302 g/mol. The van der Waals surface area contributed by atoms with E-state index in [-0.39, 0.29) is 0 Å². The average molecular weight is 302 g/mol. The highest BCUT2D eigenvalue weighted by Gasteiger charge is 2.03. The number of rotatable bonds is 4. The number of aromatic nitrogens is 2. The zero-order valence-corrected chi connectivity index (χ0v) is 12.5. The number of nitriles is 1. The van der Waals surface area contributed by atoms with Gasteiger partial charge in [0, 0.05) is 11.3 Å². The Bertz CT molecular complexity index is 853. The number of anilines is 2. The molecule has 0 spiro atoms. The molecule has 0 amide bonds. The molecule has 0 aliphatic rings. The van der Waals surface area contributed by atoms with Gasteiger partial charge in [-0.3, -0.25) is 4.98 Å². The molecule has 0 bridgehead atoms. The SMILES string of the molecule is COc1ccc(-c2cncc(Nc3cccc(C#N)c3)n2)cc1. The van der Waals surface area contributed by atoms with E-state index in [4.69, 9.17) is 10.00 Å². The Morgan fingerprint density at radius 1 is 1.09 bits per heavy atom. The molecule has 0 unspecified atom stereocenters. The second kappa shape index (κ2) is 6.58. The van der Waals surface area contributed by atoms with Crippen molar-refractivity contribution in [2.24, 2.45) is 0 Å². The number of hydrogen-bond acceptors (Lipinski definition) is 5. The molecule has 0 fully saturated rings. The van der Waals surface area contributed by atoms with E-state index in [1.165, 1.54) is 0 Å². The molecule has 112 valence electrons. The molecule has 0 saturated carbocycles. The number of nitrogens with one attached hydrogen (secondary N) is 1. The second-order valence-corrected chi connectivity index (χ2v) is 4.84. The molecule has 0 aliphatic carbocycles. The van der Waals surface area contributed by atoms with E-state index in [2.05, 4.69) is 21.4 Å². The Morgan fingerprint density at radius 2 is 1.91 bits per heavy atom. The summed E-state index contributed by atoms with van der Waals surface area (Å²) in [4.78, 5) is 8.77. The van der Waals surface area contributed by atoms with Crippen molar-refractivity contribution in [1.29, 1.82) is 5.26 Å². The fraction of sp³-hybridized carbons (Fsp3) is 0.0556. The molecule has 1 N–H and O–H groups in total. The maximum absolute atomic E-state index is 8.95. The van der Waals surface area contributed by atoms with Crippen LogP contribution in [0.4, 0.5) is 11.5 Å². The first kappa shape index (κ1) is 14.5. The largest absolute Gasteiger partial charge is 0.497 e. The van der Waals surface area contributed by atoms with Gasteiger partial charge < -0.3 is 10.1 Å². The topological polar surface area (TPSA) is 70.8 Å². The summed E-state index contributed by atoms with van der Waals surface area (Å²) in [6, 6.07) is 17.0. The molecule has 3 aromatic rings. The predicted molar refractivity (Wildman–Crippen MR) is 88.5 cm³/mol. The summed E-state index contributed by atoms with van der Waals surface area (Å²) in [6.07, 6.45) is 3.35. The van der Waals surface area contributed by atoms with Crippen LogP contribution >= 0.6 is 0 Å². The summed E-state index contributed by atoms with van der Waals surface area (Å²) in [5, 5.41) is 12.1. The van der Waals surface area contributed by atoms with E-state index in [9.17, 15) is 0 Å². The fourth-order valence-electron chi connectivity index (χ4n) is 2.14. The predicted octanol–water partition coefficient (Wildman–Crippen LogP) is 3.77. The summed E-state index contributed by atoms with van der Waals surface area (Å²) >= 11 is 0. The highest BCUT2D eigenvalue weighted by molar-refractivity contribution is 5.63. The van der Waals surface area contributed by atoms with Gasteiger partial charge in [-0.05, 0) is 42.5 Å². The Labute approximate surface area is 134 Å². The van der Waals surface area contributed by atoms with Crippen molar-refractivity contribution in [2.75, 3.05) is 12.4 Å². The third-order valence-corrected chi connectivity index (χ3v) is 3.28. The molecule has 0 aliphatic heterocycles. The van der Waals surface area contributed by atoms with Crippen LogP contribution in [0.15, 0.2) is 60.9 Å². The number of benzene rings is 2. The lowest BCUT2D eigenvalue weighted by molar-refractivity contribution is 0.415. The van der Waals surface area contributed by atoms with E-state index in [1.54, 1.807) is 31.6 Å². The zero-order chi connectivity index (χ0) is 16.1. The molecule has 0 atom stereocenters.